The van der Waals surface area contributed by atoms with Crippen molar-refractivity contribution in [2.24, 2.45) is 10.9 Å². The van der Waals surface area contributed by atoms with Crippen molar-refractivity contribution in [1.29, 1.82) is 0 Å². The highest BCUT2D eigenvalue weighted by Gasteiger charge is 2.25. The lowest BCUT2D eigenvalue weighted by atomic mass is 10.2. The van der Waals surface area contributed by atoms with Crippen LogP contribution in [0.3, 0.4) is 0 Å². The van der Waals surface area contributed by atoms with Crippen LogP contribution in [-0.4, -0.2) is 45.2 Å². The lowest BCUT2D eigenvalue weighted by Crippen LogP contribution is -2.49. The second kappa shape index (κ2) is 5.41. The van der Waals surface area contributed by atoms with Crippen LogP contribution in [0.25, 0.3) is 0 Å². The summed E-state index contributed by atoms with van der Waals surface area (Å²) in [4.78, 5) is 6.18. The first kappa shape index (κ1) is 14.2. The van der Waals surface area contributed by atoms with Crippen LogP contribution in [0.1, 0.15) is 6.92 Å². The number of sulfonamides is 1. The molecule has 7 nitrogen and oxygen atoms in total. The minimum absolute atomic E-state index is 0.00735. The van der Waals surface area contributed by atoms with Gasteiger partial charge in [-0.1, -0.05) is 0 Å². The molecule has 2 rings (SSSR count). The largest absolute Gasteiger partial charge is 0.370 e. The third kappa shape index (κ3) is 3.41. The van der Waals surface area contributed by atoms with Crippen LogP contribution in [-0.2, 0) is 14.8 Å². The number of nitrogens with two attached hydrogens (primary N) is 2. The van der Waals surface area contributed by atoms with Gasteiger partial charge in [0.25, 0.3) is 0 Å². The molecular weight excluding hydrogens is 268 g/mol. The molecule has 0 aliphatic carbocycles. The summed E-state index contributed by atoms with van der Waals surface area (Å²) in [5, 5.41) is 5.03. The molecule has 1 saturated heterocycles. The number of aromatic nitrogens is 1. The second-order valence-electron chi connectivity index (χ2n) is 4.61. The summed E-state index contributed by atoms with van der Waals surface area (Å²) in [6, 6.07) is 3.10. The van der Waals surface area contributed by atoms with Gasteiger partial charge in [0.2, 0.25) is 10.0 Å². The summed E-state index contributed by atoms with van der Waals surface area (Å²) >= 11 is 0. The number of primary sulfonamides is 1. The Balaban J connectivity index is 2.18. The molecule has 0 amide bonds. The Labute approximate surface area is 112 Å². The Morgan fingerprint density at radius 3 is 2.74 bits per heavy atom. The van der Waals surface area contributed by atoms with E-state index < -0.39 is 10.0 Å². The number of ether oxygens (including phenoxy) is 1. The normalized spacial score (nSPS) is 24.5. The van der Waals surface area contributed by atoms with Crippen molar-refractivity contribution >= 4 is 15.8 Å². The molecule has 0 saturated carbocycles. The van der Waals surface area contributed by atoms with Gasteiger partial charge in [-0.25, -0.2) is 18.5 Å². The first-order chi connectivity index (χ1) is 8.90. The Hall–Kier alpha value is -1.22. The van der Waals surface area contributed by atoms with E-state index in [1.807, 2.05) is 11.8 Å². The fourth-order valence-electron chi connectivity index (χ4n) is 2.09. The van der Waals surface area contributed by atoms with Crippen LogP contribution in [0, 0.1) is 0 Å². The van der Waals surface area contributed by atoms with Crippen molar-refractivity contribution in [3.8, 4) is 0 Å². The molecule has 0 spiro atoms. The third-order valence-corrected chi connectivity index (χ3v) is 3.86. The Morgan fingerprint density at radius 1 is 1.47 bits per heavy atom. The zero-order valence-corrected chi connectivity index (χ0v) is 11.5. The lowest BCUT2D eigenvalue weighted by Gasteiger charge is -2.37. The average molecular weight is 286 g/mol. The fraction of sp³-hybridized carbons (Fsp3) is 0.545. The van der Waals surface area contributed by atoms with Crippen LogP contribution in [0.15, 0.2) is 23.2 Å². The average Bonchev–Trinajstić information content (AvgIpc) is 2.37. The van der Waals surface area contributed by atoms with Crippen molar-refractivity contribution in [2.75, 3.05) is 24.5 Å². The van der Waals surface area contributed by atoms with Gasteiger partial charge in [-0.2, -0.15) is 0 Å². The fourth-order valence-corrected chi connectivity index (χ4v) is 2.55. The van der Waals surface area contributed by atoms with Gasteiger partial charge in [-0.05, 0) is 19.1 Å². The highest BCUT2D eigenvalue weighted by Crippen LogP contribution is 2.19. The highest BCUT2D eigenvalue weighted by molar-refractivity contribution is 7.89. The summed E-state index contributed by atoms with van der Waals surface area (Å²) in [6.45, 7) is 3.74. The molecule has 1 aliphatic rings. The molecule has 2 atom stereocenters. The summed E-state index contributed by atoms with van der Waals surface area (Å²) in [5.41, 5.74) is 5.62. The summed E-state index contributed by atoms with van der Waals surface area (Å²) in [5.74, 6) is 0.695. The van der Waals surface area contributed by atoms with E-state index in [0.29, 0.717) is 25.5 Å². The quantitative estimate of drug-likeness (QED) is 0.758. The predicted octanol–water partition coefficient (Wildman–Crippen LogP) is -0.719. The molecule has 0 aromatic carbocycles. The summed E-state index contributed by atoms with van der Waals surface area (Å²) < 4.78 is 28.0. The van der Waals surface area contributed by atoms with Gasteiger partial charge in [0.1, 0.15) is 10.7 Å². The zero-order chi connectivity index (χ0) is 14.0. The van der Waals surface area contributed by atoms with E-state index in [2.05, 4.69) is 4.98 Å². The van der Waals surface area contributed by atoms with Crippen LogP contribution >= 0.6 is 0 Å². The zero-order valence-electron chi connectivity index (χ0n) is 10.7. The lowest BCUT2D eigenvalue weighted by molar-refractivity contribution is -0.0107. The number of nitrogens with zero attached hydrogens (tertiary/aromatic N) is 2. The smallest absolute Gasteiger partial charge is 0.239 e. The van der Waals surface area contributed by atoms with E-state index in [0.717, 1.165) is 0 Å². The number of hydrogen-bond donors (Lipinski definition) is 2. The molecule has 2 heterocycles. The standard InChI is InChI=1S/C11H18N4O3S/c1-8-6-15(7-9(4-12)18-8)11-3-2-10(5-14-11)19(13,16)17/h2-3,5,8-9H,4,6-7,12H2,1H3,(H2,13,16,17). The van der Waals surface area contributed by atoms with E-state index in [1.54, 1.807) is 6.07 Å². The molecule has 1 aromatic heterocycles. The Bertz CT molecular complexity index is 531. The number of rotatable bonds is 3. The SMILES string of the molecule is CC1CN(c2ccc(S(N)(=O)=O)cn2)CC(CN)O1. The molecule has 1 aliphatic heterocycles. The molecular formula is C11H18N4O3S. The Kier molecular flexibility index (Phi) is 4.04. The molecule has 0 bridgehead atoms. The van der Waals surface area contributed by atoms with Gasteiger partial charge in [-0.3, -0.25) is 0 Å². The molecule has 19 heavy (non-hydrogen) atoms. The maximum atomic E-state index is 11.2. The topological polar surface area (TPSA) is 112 Å². The number of anilines is 1. The third-order valence-electron chi connectivity index (χ3n) is 2.96. The maximum absolute atomic E-state index is 11.2. The van der Waals surface area contributed by atoms with Crippen LogP contribution in [0.5, 0.6) is 0 Å². The summed E-state index contributed by atoms with van der Waals surface area (Å²) in [6.07, 6.45) is 1.29. The minimum atomic E-state index is -3.70. The first-order valence-electron chi connectivity index (χ1n) is 5.99. The molecule has 1 fully saturated rings. The molecule has 8 heteroatoms. The Morgan fingerprint density at radius 2 is 2.21 bits per heavy atom. The van der Waals surface area contributed by atoms with Crippen LogP contribution in [0.2, 0.25) is 0 Å². The van der Waals surface area contributed by atoms with Crippen molar-refractivity contribution in [1.82, 2.24) is 4.98 Å². The van der Waals surface area contributed by atoms with Gasteiger partial charge < -0.3 is 15.4 Å². The van der Waals surface area contributed by atoms with Gasteiger partial charge in [-0.15, -0.1) is 0 Å². The van der Waals surface area contributed by atoms with E-state index in [4.69, 9.17) is 15.6 Å². The number of pyridine rings is 1. The molecule has 4 N–H and O–H groups in total. The first-order valence-corrected chi connectivity index (χ1v) is 7.54. The van der Waals surface area contributed by atoms with Gasteiger partial charge in [0.05, 0.1) is 12.2 Å². The van der Waals surface area contributed by atoms with Crippen molar-refractivity contribution in [3.63, 3.8) is 0 Å². The predicted molar refractivity (Wildman–Crippen MR) is 71.2 cm³/mol. The van der Waals surface area contributed by atoms with E-state index in [-0.39, 0.29) is 17.1 Å². The van der Waals surface area contributed by atoms with Crippen molar-refractivity contribution < 1.29 is 13.2 Å². The molecule has 2 unspecified atom stereocenters. The van der Waals surface area contributed by atoms with Gasteiger partial charge in [0.15, 0.2) is 0 Å². The van der Waals surface area contributed by atoms with Gasteiger partial charge >= 0.3 is 0 Å². The van der Waals surface area contributed by atoms with Gasteiger partial charge in [0, 0.05) is 25.8 Å². The number of hydrogen-bond acceptors (Lipinski definition) is 6. The molecule has 1 aromatic rings. The number of morpholine rings is 1. The highest BCUT2D eigenvalue weighted by atomic mass is 32.2. The van der Waals surface area contributed by atoms with Crippen LogP contribution in [0.4, 0.5) is 5.82 Å². The molecule has 0 radical (unpaired) electrons. The van der Waals surface area contributed by atoms with E-state index in [1.165, 1.54) is 12.3 Å². The minimum Gasteiger partial charge on any atom is -0.370 e. The van der Waals surface area contributed by atoms with Crippen LogP contribution < -0.4 is 15.8 Å². The monoisotopic (exact) mass is 286 g/mol. The summed E-state index contributed by atoms with van der Waals surface area (Å²) in [7, 11) is -3.70. The van der Waals surface area contributed by atoms with E-state index >= 15 is 0 Å². The molecule has 106 valence electrons. The van der Waals surface area contributed by atoms with E-state index in [9.17, 15) is 8.42 Å². The maximum Gasteiger partial charge on any atom is 0.239 e. The van der Waals surface area contributed by atoms with Crippen molar-refractivity contribution in [3.05, 3.63) is 18.3 Å². The van der Waals surface area contributed by atoms with Crippen molar-refractivity contribution in [2.45, 2.75) is 24.0 Å². The second-order valence-corrected chi connectivity index (χ2v) is 6.17.